The van der Waals surface area contributed by atoms with Gasteiger partial charge in [-0.05, 0) is 45.5 Å². The third-order valence-electron chi connectivity index (χ3n) is 6.96. The Kier molecular flexibility index (Phi) is 8.63. The number of nitrogens with one attached hydrogen (secondary N) is 1. The second kappa shape index (κ2) is 11.8. The fourth-order valence-corrected chi connectivity index (χ4v) is 6.26. The van der Waals surface area contributed by atoms with Gasteiger partial charge in [0.1, 0.15) is 11.8 Å². The van der Waals surface area contributed by atoms with Gasteiger partial charge in [-0.2, -0.15) is 0 Å². The van der Waals surface area contributed by atoms with Gasteiger partial charge in [-0.25, -0.2) is 8.42 Å². The standard InChI is InChI=1S/C28H36N4O6S/c1-18-14-32(19(2)17-33)28(34)23-12-9-13-24(30-39(35,36)27-20(3)29-38-21(27)4)26(23)37-25(18)16-31(5)15-22-10-7-6-8-11-22/h6-13,18-19,25,30,33H,14-17H2,1-5H3/t18-,19+,25-/m1/s1. The maximum Gasteiger partial charge on any atom is 0.267 e. The quantitative estimate of drug-likeness (QED) is 0.411. The summed E-state index contributed by atoms with van der Waals surface area (Å²) in [4.78, 5) is 17.4. The summed E-state index contributed by atoms with van der Waals surface area (Å²) in [5, 5.41) is 13.7. The molecular formula is C28H36N4O6S. The molecule has 1 aliphatic rings. The van der Waals surface area contributed by atoms with E-state index in [1.165, 1.54) is 6.92 Å². The molecular weight excluding hydrogens is 520 g/mol. The van der Waals surface area contributed by atoms with Crippen molar-refractivity contribution >= 4 is 21.6 Å². The van der Waals surface area contributed by atoms with Crippen LogP contribution in [0.1, 0.15) is 41.2 Å². The number of para-hydroxylation sites is 1. The smallest absolute Gasteiger partial charge is 0.267 e. The van der Waals surface area contributed by atoms with Gasteiger partial charge in [0.15, 0.2) is 16.4 Å². The predicted octanol–water partition coefficient (Wildman–Crippen LogP) is 3.44. The van der Waals surface area contributed by atoms with E-state index in [-0.39, 0.29) is 57.9 Å². The van der Waals surface area contributed by atoms with Crippen molar-refractivity contribution in [3.05, 3.63) is 71.1 Å². The first-order chi connectivity index (χ1) is 18.5. The van der Waals surface area contributed by atoms with Crippen molar-refractivity contribution < 1.29 is 27.6 Å². The number of aliphatic hydroxyl groups is 1. The summed E-state index contributed by atoms with van der Waals surface area (Å²) in [5.74, 6) is -0.153. The van der Waals surface area contributed by atoms with Gasteiger partial charge in [0.2, 0.25) is 0 Å². The molecule has 0 bridgehead atoms. The molecule has 0 fully saturated rings. The number of benzene rings is 2. The van der Waals surface area contributed by atoms with Gasteiger partial charge in [0.05, 0.1) is 23.9 Å². The summed E-state index contributed by atoms with van der Waals surface area (Å²) in [6, 6.07) is 14.4. The Bertz CT molecular complexity index is 1390. The van der Waals surface area contributed by atoms with E-state index in [9.17, 15) is 18.3 Å². The lowest BCUT2D eigenvalue weighted by atomic mass is 9.99. The first kappa shape index (κ1) is 28.6. The first-order valence-electron chi connectivity index (χ1n) is 12.9. The monoisotopic (exact) mass is 556 g/mol. The molecule has 0 aliphatic carbocycles. The van der Waals surface area contributed by atoms with Crippen molar-refractivity contribution in [2.45, 2.75) is 51.3 Å². The molecule has 0 saturated carbocycles. The zero-order chi connectivity index (χ0) is 28.3. The van der Waals surface area contributed by atoms with E-state index in [2.05, 4.69) is 26.9 Å². The molecule has 2 aromatic carbocycles. The van der Waals surface area contributed by atoms with Gasteiger partial charge >= 0.3 is 0 Å². The van der Waals surface area contributed by atoms with Crippen LogP contribution in [-0.4, -0.2) is 73.3 Å². The molecule has 1 aromatic heterocycles. The predicted molar refractivity (Wildman–Crippen MR) is 147 cm³/mol. The van der Waals surface area contributed by atoms with Crippen LogP contribution in [0.2, 0.25) is 0 Å². The average Bonchev–Trinajstić information content (AvgIpc) is 3.25. The highest BCUT2D eigenvalue weighted by Gasteiger charge is 2.35. The van der Waals surface area contributed by atoms with Crippen LogP contribution in [0.3, 0.4) is 0 Å². The number of carbonyl (C=O) groups excluding carboxylic acids is 1. The minimum Gasteiger partial charge on any atom is -0.486 e. The molecule has 3 atom stereocenters. The molecule has 39 heavy (non-hydrogen) atoms. The third-order valence-corrected chi connectivity index (χ3v) is 8.57. The summed E-state index contributed by atoms with van der Waals surface area (Å²) < 4.78 is 40.9. The topological polar surface area (TPSA) is 125 Å². The van der Waals surface area contributed by atoms with Gasteiger partial charge in [-0.15, -0.1) is 0 Å². The molecule has 11 heteroatoms. The van der Waals surface area contributed by atoms with Gasteiger partial charge < -0.3 is 19.3 Å². The highest BCUT2D eigenvalue weighted by Crippen LogP contribution is 2.36. The molecule has 210 valence electrons. The van der Waals surface area contributed by atoms with Crippen LogP contribution in [0, 0.1) is 19.8 Å². The number of aromatic nitrogens is 1. The van der Waals surface area contributed by atoms with E-state index in [1.807, 2.05) is 32.2 Å². The Morgan fingerprint density at radius 2 is 1.90 bits per heavy atom. The lowest BCUT2D eigenvalue weighted by Gasteiger charge is -2.38. The number of aliphatic hydroxyl groups excluding tert-OH is 1. The number of fused-ring (bicyclic) bond motifs is 1. The molecule has 2 N–H and O–H groups in total. The number of amides is 1. The molecule has 0 saturated heterocycles. The molecule has 1 amide bonds. The Morgan fingerprint density at radius 1 is 1.18 bits per heavy atom. The maximum absolute atomic E-state index is 13.7. The second-order valence-electron chi connectivity index (χ2n) is 10.2. The van der Waals surface area contributed by atoms with E-state index < -0.39 is 16.1 Å². The van der Waals surface area contributed by atoms with Gasteiger partial charge in [0.25, 0.3) is 15.9 Å². The number of hydrogen-bond acceptors (Lipinski definition) is 8. The minimum atomic E-state index is -4.09. The fraction of sp³-hybridized carbons (Fsp3) is 0.429. The molecule has 3 aromatic rings. The molecule has 1 aliphatic heterocycles. The lowest BCUT2D eigenvalue weighted by Crippen LogP contribution is -2.49. The molecule has 10 nitrogen and oxygen atoms in total. The largest absolute Gasteiger partial charge is 0.486 e. The summed E-state index contributed by atoms with van der Waals surface area (Å²) >= 11 is 0. The molecule has 0 spiro atoms. The summed E-state index contributed by atoms with van der Waals surface area (Å²) in [5.41, 5.74) is 1.74. The number of sulfonamides is 1. The van der Waals surface area contributed by atoms with Crippen molar-refractivity contribution in [3.63, 3.8) is 0 Å². The minimum absolute atomic E-state index is 0.0553. The van der Waals surface area contributed by atoms with Crippen LogP contribution in [-0.2, 0) is 16.6 Å². The average molecular weight is 557 g/mol. The van der Waals surface area contributed by atoms with Crippen molar-refractivity contribution in [1.82, 2.24) is 15.0 Å². The Balaban J connectivity index is 1.73. The second-order valence-corrected chi connectivity index (χ2v) is 11.9. The first-order valence-corrected chi connectivity index (χ1v) is 14.4. The van der Waals surface area contributed by atoms with Crippen LogP contribution in [0.4, 0.5) is 5.69 Å². The van der Waals surface area contributed by atoms with Crippen LogP contribution in [0.15, 0.2) is 57.9 Å². The maximum atomic E-state index is 13.7. The number of nitrogens with zero attached hydrogens (tertiary/aromatic N) is 3. The highest BCUT2D eigenvalue weighted by atomic mass is 32.2. The number of ether oxygens (including phenoxy) is 1. The van der Waals surface area contributed by atoms with Crippen LogP contribution < -0.4 is 9.46 Å². The summed E-state index contributed by atoms with van der Waals surface area (Å²) in [6.45, 7) is 8.24. The van der Waals surface area contributed by atoms with Gasteiger partial charge in [0, 0.05) is 25.6 Å². The Morgan fingerprint density at radius 3 is 2.54 bits per heavy atom. The highest BCUT2D eigenvalue weighted by molar-refractivity contribution is 7.92. The van der Waals surface area contributed by atoms with E-state index in [0.717, 1.165) is 5.56 Å². The normalized spacial score (nSPS) is 18.7. The third kappa shape index (κ3) is 6.26. The molecule has 4 rings (SSSR count). The molecule has 0 radical (unpaired) electrons. The van der Waals surface area contributed by atoms with E-state index in [0.29, 0.717) is 19.6 Å². The van der Waals surface area contributed by atoms with Crippen LogP contribution in [0.5, 0.6) is 5.75 Å². The van der Waals surface area contributed by atoms with Gasteiger partial charge in [-0.1, -0.05) is 48.5 Å². The Labute approximate surface area is 229 Å². The fourth-order valence-electron chi connectivity index (χ4n) is 4.86. The van der Waals surface area contributed by atoms with Gasteiger partial charge in [-0.3, -0.25) is 14.4 Å². The molecule has 2 heterocycles. The van der Waals surface area contributed by atoms with E-state index in [4.69, 9.17) is 9.26 Å². The number of anilines is 1. The number of aryl methyl sites for hydroxylation is 2. The van der Waals surface area contributed by atoms with E-state index in [1.54, 1.807) is 36.9 Å². The van der Waals surface area contributed by atoms with Crippen molar-refractivity contribution in [3.8, 4) is 5.75 Å². The number of likely N-dealkylation sites (N-methyl/N-ethyl adjacent to an activating group) is 1. The number of carbonyl (C=O) groups is 1. The number of hydrogen-bond donors (Lipinski definition) is 2. The van der Waals surface area contributed by atoms with Crippen molar-refractivity contribution in [1.29, 1.82) is 0 Å². The zero-order valence-corrected chi connectivity index (χ0v) is 23.7. The lowest BCUT2D eigenvalue weighted by molar-refractivity contribution is 0.0344. The summed E-state index contributed by atoms with van der Waals surface area (Å²) in [6.07, 6.45) is -0.385. The molecule has 0 unspecified atom stereocenters. The van der Waals surface area contributed by atoms with E-state index >= 15 is 0 Å². The zero-order valence-electron chi connectivity index (χ0n) is 22.9. The Hall–Kier alpha value is -3.41. The summed E-state index contributed by atoms with van der Waals surface area (Å²) in [7, 11) is -2.10. The SMILES string of the molecule is Cc1noc(C)c1S(=O)(=O)Nc1cccc2c1O[C@H](CN(C)Cc1ccccc1)[C@H](C)CN([C@@H](C)CO)C2=O. The van der Waals surface area contributed by atoms with Crippen molar-refractivity contribution in [2.24, 2.45) is 5.92 Å². The van der Waals surface area contributed by atoms with Crippen LogP contribution >= 0.6 is 0 Å². The van der Waals surface area contributed by atoms with Crippen molar-refractivity contribution in [2.75, 3.05) is 31.5 Å². The van der Waals surface area contributed by atoms with Crippen LogP contribution in [0.25, 0.3) is 0 Å². The number of rotatable bonds is 9.